The van der Waals surface area contributed by atoms with Crippen LogP contribution in [0, 0.1) is 12.7 Å². The lowest BCUT2D eigenvalue weighted by Gasteiger charge is -2.12. The van der Waals surface area contributed by atoms with E-state index in [0.29, 0.717) is 28.9 Å². The Kier molecular flexibility index (Phi) is 6.13. The molecule has 3 heterocycles. The summed E-state index contributed by atoms with van der Waals surface area (Å²) in [6.45, 7) is 3.59. The Hall–Kier alpha value is -3.91. The molecule has 0 aliphatic rings. The second-order valence-electron chi connectivity index (χ2n) is 8.34. The summed E-state index contributed by atoms with van der Waals surface area (Å²) in [4.78, 5) is 25.4. The Bertz CT molecular complexity index is 1600. The molecule has 5 aromatic rings. The van der Waals surface area contributed by atoms with Crippen molar-refractivity contribution < 1.29 is 13.4 Å². The number of anilines is 1. The third-order valence-electron chi connectivity index (χ3n) is 5.92. The van der Waals surface area contributed by atoms with Crippen LogP contribution in [0.4, 0.5) is 10.1 Å². The number of halogens is 1. The van der Waals surface area contributed by atoms with E-state index in [1.807, 2.05) is 31.2 Å². The number of H-pyrrole nitrogens is 1. The molecule has 5 rings (SSSR count). The minimum absolute atomic E-state index is 0.0294. The summed E-state index contributed by atoms with van der Waals surface area (Å²) in [5.74, 6) is -0.733. The number of ketones is 1. The first-order valence-corrected chi connectivity index (χ1v) is 12.6. The van der Waals surface area contributed by atoms with E-state index < -0.39 is 22.6 Å². The highest BCUT2D eigenvalue weighted by atomic mass is 32.2. The molecule has 0 radical (unpaired) electrons. The van der Waals surface area contributed by atoms with Gasteiger partial charge in [0.2, 0.25) is 0 Å². The smallest absolute Gasteiger partial charge is 0.196 e. The van der Waals surface area contributed by atoms with Gasteiger partial charge in [-0.1, -0.05) is 13.0 Å². The molecule has 0 fully saturated rings. The molecule has 0 saturated heterocycles. The Morgan fingerprint density at radius 1 is 1.06 bits per heavy atom. The first-order valence-electron chi connectivity index (χ1n) is 11.3. The standard InChI is InChI=1S/C27H23FN4O2S/c1-3-12-35(34)32-23-6-4-16(2)24(25(23)28)26(33)18-5-7-22-20(13-18)21-14-19(15-30-27(21)31-22)17-8-10-29-11-9-17/h4-11,13-15,32H,3,12H2,1-2H3,(H,30,31). The third kappa shape index (κ3) is 4.33. The lowest BCUT2D eigenvalue weighted by atomic mass is 9.96. The van der Waals surface area contributed by atoms with Crippen molar-refractivity contribution in [2.24, 2.45) is 0 Å². The van der Waals surface area contributed by atoms with Crippen molar-refractivity contribution in [3.05, 3.63) is 89.6 Å². The molecule has 0 bridgehead atoms. The van der Waals surface area contributed by atoms with E-state index in [-0.39, 0.29) is 11.3 Å². The van der Waals surface area contributed by atoms with Crippen LogP contribution in [0.1, 0.15) is 34.8 Å². The van der Waals surface area contributed by atoms with Crippen molar-refractivity contribution in [1.29, 1.82) is 0 Å². The summed E-state index contributed by atoms with van der Waals surface area (Å²) in [6.07, 6.45) is 5.94. The van der Waals surface area contributed by atoms with Gasteiger partial charge in [-0.2, -0.15) is 0 Å². The van der Waals surface area contributed by atoms with Gasteiger partial charge in [-0.15, -0.1) is 0 Å². The van der Waals surface area contributed by atoms with E-state index in [9.17, 15) is 9.00 Å². The minimum atomic E-state index is -1.42. The van der Waals surface area contributed by atoms with Crippen LogP contribution in [0.2, 0.25) is 0 Å². The molecule has 35 heavy (non-hydrogen) atoms. The number of nitrogens with zero attached hydrogens (tertiary/aromatic N) is 2. The first-order chi connectivity index (χ1) is 17.0. The number of aromatic nitrogens is 3. The van der Waals surface area contributed by atoms with Crippen molar-refractivity contribution in [2.45, 2.75) is 20.3 Å². The summed E-state index contributed by atoms with van der Waals surface area (Å²) in [6, 6.07) is 14.3. The summed E-state index contributed by atoms with van der Waals surface area (Å²) >= 11 is 0. The SMILES string of the molecule is CCCS(=O)Nc1ccc(C)c(C(=O)c2ccc3[nH]c4ncc(-c5ccncc5)cc4c3c2)c1F. The molecule has 2 aromatic carbocycles. The van der Waals surface area contributed by atoms with Crippen LogP contribution in [-0.4, -0.2) is 30.7 Å². The number of carbonyl (C=O) groups excluding carboxylic acids is 1. The Morgan fingerprint density at radius 3 is 2.63 bits per heavy atom. The molecular weight excluding hydrogens is 463 g/mol. The van der Waals surface area contributed by atoms with Gasteiger partial charge in [-0.3, -0.25) is 9.78 Å². The van der Waals surface area contributed by atoms with E-state index in [1.54, 1.807) is 43.7 Å². The lowest BCUT2D eigenvalue weighted by Crippen LogP contribution is -2.13. The highest BCUT2D eigenvalue weighted by Crippen LogP contribution is 2.31. The van der Waals surface area contributed by atoms with E-state index in [0.717, 1.165) is 27.4 Å². The minimum Gasteiger partial charge on any atom is -0.339 e. The fourth-order valence-corrected chi connectivity index (χ4v) is 5.03. The quantitative estimate of drug-likeness (QED) is 0.279. The monoisotopic (exact) mass is 486 g/mol. The fourth-order valence-electron chi connectivity index (χ4n) is 4.15. The average Bonchev–Trinajstić information content (AvgIpc) is 3.23. The molecule has 0 amide bonds. The number of nitrogens with one attached hydrogen (secondary N) is 2. The molecule has 0 saturated carbocycles. The number of fused-ring (bicyclic) bond motifs is 3. The van der Waals surface area contributed by atoms with Crippen LogP contribution < -0.4 is 4.72 Å². The molecule has 176 valence electrons. The zero-order valence-electron chi connectivity index (χ0n) is 19.3. The Morgan fingerprint density at radius 2 is 1.86 bits per heavy atom. The van der Waals surface area contributed by atoms with Gasteiger partial charge >= 0.3 is 0 Å². The van der Waals surface area contributed by atoms with Crippen molar-refractivity contribution >= 4 is 44.4 Å². The van der Waals surface area contributed by atoms with Crippen molar-refractivity contribution in [3.8, 4) is 11.1 Å². The van der Waals surface area contributed by atoms with Crippen LogP contribution in [0.15, 0.2) is 67.1 Å². The van der Waals surface area contributed by atoms with Gasteiger partial charge in [0.05, 0.1) is 11.3 Å². The molecule has 2 N–H and O–H groups in total. The summed E-state index contributed by atoms with van der Waals surface area (Å²) in [7, 11) is -1.42. The summed E-state index contributed by atoms with van der Waals surface area (Å²) in [5.41, 5.74) is 4.36. The molecule has 0 aliphatic carbocycles. The van der Waals surface area contributed by atoms with Gasteiger partial charge in [-0.05, 0) is 66.9 Å². The van der Waals surface area contributed by atoms with E-state index in [2.05, 4.69) is 19.7 Å². The van der Waals surface area contributed by atoms with Gasteiger partial charge in [-0.25, -0.2) is 13.6 Å². The summed E-state index contributed by atoms with van der Waals surface area (Å²) in [5, 5.41) is 1.69. The molecule has 0 aliphatic heterocycles. The Labute approximate surface area is 204 Å². The van der Waals surface area contributed by atoms with Gasteiger partial charge in [0.1, 0.15) is 16.6 Å². The zero-order valence-corrected chi connectivity index (χ0v) is 20.1. The van der Waals surface area contributed by atoms with Crippen LogP contribution in [0.25, 0.3) is 33.1 Å². The number of pyridine rings is 2. The molecule has 8 heteroatoms. The van der Waals surface area contributed by atoms with Gasteiger partial charge < -0.3 is 9.71 Å². The van der Waals surface area contributed by atoms with E-state index >= 15 is 4.39 Å². The van der Waals surface area contributed by atoms with Crippen molar-refractivity contribution in [1.82, 2.24) is 15.0 Å². The highest BCUT2D eigenvalue weighted by Gasteiger charge is 2.21. The maximum atomic E-state index is 15.4. The fraction of sp³-hybridized carbons (Fsp3) is 0.148. The maximum Gasteiger partial charge on any atom is 0.196 e. The largest absolute Gasteiger partial charge is 0.339 e. The predicted octanol–water partition coefficient (Wildman–Crippen LogP) is 5.94. The molecule has 6 nitrogen and oxygen atoms in total. The normalized spacial score (nSPS) is 12.2. The lowest BCUT2D eigenvalue weighted by molar-refractivity contribution is 0.103. The number of aromatic amines is 1. The zero-order chi connectivity index (χ0) is 24.5. The number of rotatable bonds is 7. The number of benzene rings is 2. The number of hydrogen-bond donors (Lipinski definition) is 2. The molecule has 1 unspecified atom stereocenters. The second-order valence-corrected chi connectivity index (χ2v) is 9.64. The van der Waals surface area contributed by atoms with Crippen LogP contribution in [0.5, 0.6) is 0 Å². The first kappa shape index (κ1) is 22.9. The van der Waals surface area contributed by atoms with E-state index in [1.165, 1.54) is 6.07 Å². The molecule has 3 aromatic heterocycles. The average molecular weight is 487 g/mol. The van der Waals surface area contributed by atoms with Crippen LogP contribution >= 0.6 is 0 Å². The second kappa shape index (κ2) is 9.38. The molecule has 0 spiro atoms. The highest BCUT2D eigenvalue weighted by molar-refractivity contribution is 7.86. The van der Waals surface area contributed by atoms with Gasteiger partial charge in [0, 0.05) is 51.8 Å². The Balaban J connectivity index is 1.58. The number of carbonyl (C=O) groups is 1. The van der Waals surface area contributed by atoms with Crippen LogP contribution in [0.3, 0.4) is 0 Å². The van der Waals surface area contributed by atoms with Gasteiger partial charge in [0.15, 0.2) is 11.6 Å². The maximum absolute atomic E-state index is 15.4. The predicted molar refractivity (Wildman–Crippen MR) is 138 cm³/mol. The van der Waals surface area contributed by atoms with E-state index in [4.69, 9.17) is 0 Å². The molecular formula is C27H23FN4O2S. The summed E-state index contributed by atoms with van der Waals surface area (Å²) < 4.78 is 30.2. The topological polar surface area (TPSA) is 87.7 Å². The van der Waals surface area contributed by atoms with Crippen molar-refractivity contribution in [2.75, 3.05) is 10.5 Å². The number of aryl methyl sites for hydroxylation is 1. The van der Waals surface area contributed by atoms with Gasteiger partial charge in [0.25, 0.3) is 0 Å². The van der Waals surface area contributed by atoms with Crippen LogP contribution in [-0.2, 0) is 11.0 Å². The molecule has 1 atom stereocenters. The third-order valence-corrected chi connectivity index (χ3v) is 7.14. The number of hydrogen-bond acceptors (Lipinski definition) is 4. The van der Waals surface area contributed by atoms with Crippen molar-refractivity contribution in [3.63, 3.8) is 0 Å².